The van der Waals surface area contributed by atoms with Crippen molar-refractivity contribution in [2.45, 2.75) is 31.7 Å². The molecule has 0 aromatic heterocycles. The monoisotopic (exact) mass is 309 g/mol. The van der Waals surface area contributed by atoms with Crippen LogP contribution in [0.15, 0.2) is 24.3 Å². The van der Waals surface area contributed by atoms with E-state index in [0.29, 0.717) is 6.54 Å². The molecule has 1 saturated heterocycles. The van der Waals surface area contributed by atoms with Crippen molar-refractivity contribution in [3.63, 3.8) is 0 Å². The summed E-state index contributed by atoms with van der Waals surface area (Å²) in [5.74, 6) is -1.28. The van der Waals surface area contributed by atoms with Crippen molar-refractivity contribution >= 4 is 11.9 Å². The van der Waals surface area contributed by atoms with E-state index in [-0.39, 0.29) is 23.0 Å². The molecule has 3 atom stereocenters. The molecule has 22 heavy (non-hydrogen) atoms. The maximum Gasteiger partial charge on any atom is 0.326 e. The van der Waals surface area contributed by atoms with Gasteiger partial charge in [0, 0.05) is 17.7 Å². The fourth-order valence-electron chi connectivity index (χ4n) is 3.80. The number of nitrogens with zero attached hydrogens (tertiary/aromatic N) is 1. The predicted octanol–water partition coefficient (Wildman–Crippen LogP) is 2.95. The number of likely N-dealkylation sites (tertiary alicyclic amines) is 1. The summed E-state index contributed by atoms with van der Waals surface area (Å²) in [5, 5.41) is 9.46. The molecule has 1 amide bonds. The Balaban J connectivity index is 1.88. The Morgan fingerprint density at radius 1 is 1.27 bits per heavy atom. The number of carbonyl (C=O) groups excluding carboxylic acids is 1. The zero-order valence-electron chi connectivity index (χ0n) is 11.9. The molecule has 3 unspecified atom stereocenters. The fourth-order valence-corrected chi connectivity index (χ4v) is 3.80. The van der Waals surface area contributed by atoms with Crippen LogP contribution in [0.1, 0.15) is 41.6 Å². The van der Waals surface area contributed by atoms with Crippen molar-refractivity contribution < 1.29 is 23.5 Å². The van der Waals surface area contributed by atoms with Crippen LogP contribution in [-0.4, -0.2) is 34.5 Å². The molecule has 1 aromatic carbocycles. The topological polar surface area (TPSA) is 57.6 Å². The molecular formula is C16H17F2NO3. The number of fused-ring (bicyclic) bond motifs is 1. The number of alkyl halides is 2. The van der Waals surface area contributed by atoms with Crippen LogP contribution in [0.5, 0.6) is 0 Å². The van der Waals surface area contributed by atoms with Gasteiger partial charge in [-0.2, -0.15) is 0 Å². The molecular weight excluding hydrogens is 292 g/mol. The van der Waals surface area contributed by atoms with Gasteiger partial charge in [-0.3, -0.25) is 4.79 Å². The molecule has 1 saturated carbocycles. The Hall–Kier alpha value is -1.98. The fraction of sp³-hybridized carbons (Fsp3) is 0.500. The molecule has 2 aliphatic rings. The lowest BCUT2D eigenvalue weighted by molar-refractivity contribution is -0.142. The summed E-state index contributed by atoms with van der Waals surface area (Å²) in [5.41, 5.74) is -0.0962. The molecule has 0 bridgehead atoms. The van der Waals surface area contributed by atoms with E-state index in [0.717, 1.165) is 25.3 Å². The van der Waals surface area contributed by atoms with Crippen molar-refractivity contribution in [3.8, 4) is 0 Å². The van der Waals surface area contributed by atoms with E-state index in [1.165, 1.54) is 23.1 Å². The number of benzene rings is 1. The Labute approximate surface area is 126 Å². The molecule has 1 aromatic rings. The van der Waals surface area contributed by atoms with Crippen molar-refractivity contribution in [3.05, 3.63) is 35.4 Å². The molecule has 4 nitrogen and oxygen atoms in total. The molecule has 0 radical (unpaired) electrons. The lowest BCUT2D eigenvalue weighted by Crippen LogP contribution is -2.43. The smallest absolute Gasteiger partial charge is 0.326 e. The van der Waals surface area contributed by atoms with Crippen LogP contribution in [0.4, 0.5) is 8.78 Å². The molecule has 3 rings (SSSR count). The lowest BCUT2D eigenvalue weighted by Gasteiger charge is -2.24. The average molecular weight is 309 g/mol. The number of carboxylic acid groups (broad SMARTS) is 1. The maximum atomic E-state index is 12.8. The normalized spacial score (nSPS) is 27.2. The molecule has 1 heterocycles. The summed E-state index contributed by atoms with van der Waals surface area (Å²) in [6.45, 7) is 0.402. The minimum absolute atomic E-state index is 0.0141. The second-order valence-corrected chi connectivity index (χ2v) is 6.02. The van der Waals surface area contributed by atoms with Crippen molar-refractivity contribution in [1.82, 2.24) is 4.90 Å². The maximum absolute atomic E-state index is 12.8. The van der Waals surface area contributed by atoms with Gasteiger partial charge in [0.15, 0.2) is 0 Å². The van der Waals surface area contributed by atoms with Crippen LogP contribution >= 0.6 is 0 Å². The minimum atomic E-state index is -2.65. The van der Waals surface area contributed by atoms with Gasteiger partial charge >= 0.3 is 5.97 Å². The number of hydrogen-bond donors (Lipinski definition) is 1. The Morgan fingerprint density at radius 3 is 2.73 bits per heavy atom. The molecule has 118 valence electrons. The van der Waals surface area contributed by atoms with Crippen LogP contribution in [0.25, 0.3) is 0 Å². The summed E-state index contributed by atoms with van der Waals surface area (Å²) in [6, 6.07) is 4.44. The molecule has 1 aliphatic carbocycles. The van der Waals surface area contributed by atoms with E-state index in [9.17, 15) is 23.5 Å². The van der Waals surface area contributed by atoms with E-state index in [2.05, 4.69) is 0 Å². The summed E-state index contributed by atoms with van der Waals surface area (Å²) >= 11 is 0. The number of carboxylic acids is 1. The number of aliphatic carboxylic acids is 1. The summed E-state index contributed by atoms with van der Waals surface area (Å²) < 4.78 is 25.5. The first-order valence-corrected chi connectivity index (χ1v) is 7.41. The zero-order chi connectivity index (χ0) is 15.9. The Kier molecular flexibility index (Phi) is 3.85. The molecule has 6 heteroatoms. The third kappa shape index (κ3) is 2.46. The summed E-state index contributed by atoms with van der Waals surface area (Å²) in [4.78, 5) is 25.5. The second-order valence-electron chi connectivity index (χ2n) is 6.02. The number of carbonyl (C=O) groups is 2. The van der Waals surface area contributed by atoms with Gasteiger partial charge in [0.1, 0.15) is 6.04 Å². The second kappa shape index (κ2) is 5.66. The first kappa shape index (κ1) is 14.9. The third-order valence-electron chi connectivity index (χ3n) is 4.79. The standard InChI is InChI=1S/C16H17F2NO3/c17-14(18)9-3-1-4-10(7-9)15(20)19-8-11-5-2-6-12(11)13(19)16(21)22/h1,3-4,7,11-14H,2,5-6,8H2,(H,21,22). The number of hydrogen-bond acceptors (Lipinski definition) is 2. The highest BCUT2D eigenvalue weighted by atomic mass is 19.3. The van der Waals surface area contributed by atoms with Crippen molar-refractivity contribution in [2.75, 3.05) is 6.54 Å². The Morgan fingerprint density at radius 2 is 2.05 bits per heavy atom. The van der Waals surface area contributed by atoms with Crippen molar-refractivity contribution in [1.29, 1.82) is 0 Å². The van der Waals surface area contributed by atoms with Crippen molar-refractivity contribution in [2.24, 2.45) is 11.8 Å². The largest absolute Gasteiger partial charge is 0.480 e. The first-order valence-electron chi connectivity index (χ1n) is 7.41. The van der Waals surface area contributed by atoms with Gasteiger partial charge in [-0.15, -0.1) is 0 Å². The van der Waals surface area contributed by atoms with Crippen LogP contribution < -0.4 is 0 Å². The highest BCUT2D eigenvalue weighted by Gasteiger charge is 2.49. The summed E-state index contributed by atoms with van der Waals surface area (Å²) in [7, 11) is 0. The van der Waals surface area contributed by atoms with E-state index in [4.69, 9.17) is 0 Å². The zero-order valence-corrected chi connectivity index (χ0v) is 11.9. The van der Waals surface area contributed by atoms with Gasteiger partial charge in [0.25, 0.3) is 12.3 Å². The predicted molar refractivity (Wildman–Crippen MR) is 74.7 cm³/mol. The van der Waals surface area contributed by atoms with Crippen LogP contribution in [0, 0.1) is 11.8 Å². The highest BCUT2D eigenvalue weighted by molar-refractivity contribution is 5.97. The number of rotatable bonds is 3. The minimum Gasteiger partial charge on any atom is -0.480 e. The third-order valence-corrected chi connectivity index (χ3v) is 4.79. The molecule has 1 aliphatic heterocycles. The Bertz CT molecular complexity index is 605. The van der Waals surface area contributed by atoms with Crippen LogP contribution in [0.3, 0.4) is 0 Å². The van der Waals surface area contributed by atoms with E-state index in [1.54, 1.807) is 0 Å². The van der Waals surface area contributed by atoms with E-state index >= 15 is 0 Å². The van der Waals surface area contributed by atoms with Crippen LogP contribution in [0.2, 0.25) is 0 Å². The number of halogens is 2. The van der Waals surface area contributed by atoms with Gasteiger partial charge in [-0.25, -0.2) is 13.6 Å². The molecule has 1 N–H and O–H groups in total. The lowest BCUT2D eigenvalue weighted by atomic mass is 9.94. The molecule has 2 fully saturated rings. The first-order chi connectivity index (χ1) is 10.5. The average Bonchev–Trinajstić information content (AvgIpc) is 3.06. The number of amides is 1. The van der Waals surface area contributed by atoms with Crippen LogP contribution in [-0.2, 0) is 4.79 Å². The SMILES string of the molecule is O=C(O)C1C2CCCC2CN1C(=O)c1cccc(C(F)F)c1. The van der Waals surface area contributed by atoms with Gasteiger partial charge in [0.05, 0.1) is 0 Å². The van der Waals surface area contributed by atoms with Gasteiger partial charge in [-0.05, 0) is 36.8 Å². The van der Waals surface area contributed by atoms with Gasteiger partial charge in [0.2, 0.25) is 0 Å². The van der Waals surface area contributed by atoms with Gasteiger partial charge in [-0.1, -0.05) is 18.6 Å². The van der Waals surface area contributed by atoms with Gasteiger partial charge < -0.3 is 10.0 Å². The molecule has 0 spiro atoms. The summed E-state index contributed by atoms with van der Waals surface area (Å²) in [6.07, 6.45) is 0.0702. The van der Waals surface area contributed by atoms with E-state index in [1.807, 2.05) is 0 Å². The quantitative estimate of drug-likeness (QED) is 0.934. The highest BCUT2D eigenvalue weighted by Crippen LogP contribution is 2.42. The van der Waals surface area contributed by atoms with E-state index < -0.39 is 24.3 Å².